The summed E-state index contributed by atoms with van der Waals surface area (Å²) in [6, 6.07) is 17.8. The summed E-state index contributed by atoms with van der Waals surface area (Å²) in [5, 5.41) is 2.80. The van der Waals surface area contributed by atoms with Crippen molar-refractivity contribution >= 4 is 5.91 Å². The fourth-order valence-corrected chi connectivity index (χ4v) is 2.25. The van der Waals surface area contributed by atoms with Crippen LogP contribution in [0.2, 0.25) is 0 Å². The highest BCUT2D eigenvalue weighted by Crippen LogP contribution is 2.23. The number of carbonyl (C=O) groups is 1. The molecule has 0 spiro atoms. The number of benzene rings is 2. The standard InChI is InChI=1S/C17H17NO3/c19-17-12-21-16(10-18-17)14-7-4-8-15(9-14)20-11-13-5-2-1-3-6-13/h1-9,16H,10-12H2,(H,18,19). The van der Waals surface area contributed by atoms with E-state index >= 15 is 0 Å². The summed E-state index contributed by atoms with van der Waals surface area (Å²) in [5.74, 6) is 0.736. The molecule has 1 N–H and O–H groups in total. The minimum atomic E-state index is -0.108. The van der Waals surface area contributed by atoms with Crippen molar-refractivity contribution in [2.24, 2.45) is 0 Å². The highest BCUT2D eigenvalue weighted by molar-refractivity contribution is 5.77. The Labute approximate surface area is 123 Å². The lowest BCUT2D eigenvalue weighted by molar-refractivity contribution is -0.133. The molecule has 0 radical (unpaired) electrons. The van der Waals surface area contributed by atoms with Crippen molar-refractivity contribution in [1.82, 2.24) is 5.32 Å². The Balaban J connectivity index is 1.64. The monoisotopic (exact) mass is 283 g/mol. The maximum atomic E-state index is 11.1. The zero-order chi connectivity index (χ0) is 14.5. The van der Waals surface area contributed by atoms with Crippen LogP contribution in [0.3, 0.4) is 0 Å². The number of rotatable bonds is 4. The average Bonchev–Trinajstić information content (AvgIpc) is 2.55. The number of hydrogen-bond acceptors (Lipinski definition) is 3. The molecule has 1 atom stereocenters. The van der Waals surface area contributed by atoms with Crippen molar-refractivity contribution in [1.29, 1.82) is 0 Å². The molecule has 1 fully saturated rings. The van der Waals surface area contributed by atoms with E-state index in [0.29, 0.717) is 13.2 Å². The number of nitrogens with one attached hydrogen (secondary N) is 1. The predicted octanol–water partition coefficient (Wildman–Crippen LogP) is 2.45. The molecule has 0 saturated carbocycles. The molecule has 3 rings (SSSR count). The van der Waals surface area contributed by atoms with Gasteiger partial charge >= 0.3 is 0 Å². The van der Waals surface area contributed by atoms with Gasteiger partial charge in [0.05, 0.1) is 0 Å². The molecule has 2 aromatic carbocycles. The molecular weight excluding hydrogens is 266 g/mol. The van der Waals surface area contributed by atoms with Gasteiger partial charge in [-0.05, 0) is 23.3 Å². The zero-order valence-electron chi connectivity index (χ0n) is 11.6. The van der Waals surface area contributed by atoms with Gasteiger partial charge in [-0.3, -0.25) is 4.79 Å². The van der Waals surface area contributed by atoms with Crippen molar-refractivity contribution in [3.63, 3.8) is 0 Å². The summed E-state index contributed by atoms with van der Waals surface area (Å²) >= 11 is 0. The molecule has 1 aliphatic heterocycles. The molecule has 1 aliphatic rings. The maximum Gasteiger partial charge on any atom is 0.246 e. The molecule has 1 unspecified atom stereocenters. The first-order valence-corrected chi connectivity index (χ1v) is 6.96. The van der Waals surface area contributed by atoms with Gasteiger partial charge < -0.3 is 14.8 Å². The van der Waals surface area contributed by atoms with E-state index < -0.39 is 0 Å². The molecule has 108 valence electrons. The van der Waals surface area contributed by atoms with Crippen LogP contribution in [0.4, 0.5) is 0 Å². The summed E-state index contributed by atoms with van der Waals surface area (Å²) < 4.78 is 11.3. The molecule has 1 amide bonds. The van der Waals surface area contributed by atoms with E-state index in [4.69, 9.17) is 9.47 Å². The van der Waals surface area contributed by atoms with Crippen LogP contribution in [0, 0.1) is 0 Å². The van der Waals surface area contributed by atoms with Gasteiger partial charge in [0, 0.05) is 6.54 Å². The SMILES string of the molecule is O=C1COC(c2cccc(OCc3ccccc3)c2)CN1. The number of morpholine rings is 1. The van der Waals surface area contributed by atoms with Crippen LogP contribution in [0.25, 0.3) is 0 Å². The highest BCUT2D eigenvalue weighted by Gasteiger charge is 2.20. The van der Waals surface area contributed by atoms with Crippen LogP contribution in [-0.2, 0) is 16.1 Å². The lowest BCUT2D eigenvalue weighted by atomic mass is 10.1. The Morgan fingerprint density at radius 3 is 2.76 bits per heavy atom. The lowest BCUT2D eigenvalue weighted by Gasteiger charge is -2.23. The summed E-state index contributed by atoms with van der Waals surface area (Å²) in [6.45, 7) is 1.15. The van der Waals surface area contributed by atoms with E-state index in [1.165, 1.54) is 0 Å². The number of ether oxygens (including phenoxy) is 2. The number of carbonyl (C=O) groups excluding carboxylic acids is 1. The first-order valence-electron chi connectivity index (χ1n) is 6.96. The third-order valence-corrected chi connectivity index (χ3v) is 3.38. The fourth-order valence-electron chi connectivity index (χ4n) is 2.25. The molecule has 1 saturated heterocycles. The molecule has 0 aromatic heterocycles. The molecule has 0 bridgehead atoms. The summed E-state index contributed by atoms with van der Waals surface area (Å²) in [7, 11) is 0. The van der Waals surface area contributed by atoms with Gasteiger partial charge in [0.25, 0.3) is 0 Å². The van der Waals surface area contributed by atoms with Gasteiger partial charge in [-0.25, -0.2) is 0 Å². The van der Waals surface area contributed by atoms with Gasteiger partial charge in [0.1, 0.15) is 25.1 Å². The lowest BCUT2D eigenvalue weighted by Crippen LogP contribution is -2.38. The second-order valence-corrected chi connectivity index (χ2v) is 4.95. The summed E-state index contributed by atoms with van der Waals surface area (Å²) in [5.41, 5.74) is 2.14. The van der Waals surface area contributed by atoms with Crippen molar-refractivity contribution in [3.05, 3.63) is 65.7 Å². The molecule has 0 aliphatic carbocycles. The van der Waals surface area contributed by atoms with Crippen LogP contribution in [0.5, 0.6) is 5.75 Å². The number of amides is 1. The predicted molar refractivity (Wildman–Crippen MR) is 78.9 cm³/mol. The third kappa shape index (κ3) is 3.61. The van der Waals surface area contributed by atoms with E-state index in [9.17, 15) is 4.79 Å². The van der Waals surface area contributed by atoms with Crippen molar-refractivity contribution in [2.75, 3.05) is 13.2 Å². The van der Waals surface area contributed by atoms with Crippen molar-refractivity contribution in [3.8, 4) is 5.75 Å². The molecule has 4 heteroatoms. The van der Waals surface area contributed by atoms with E-state index in [0.717, 1.165) is 16.9 Å². The summed E-state index contributed by atoms with van der Waals surface area (Å²) in [6.07, 6.45) is -0.108. The maximum absolute atomic E-state index is 11.1. The Morgan fingerprint density at radius 1 is 1.14 bits per heavy atom. The van der Waals surface area contributed by atoms with E-state index in [1.807, 2.05) is 54.6 Å². The van der Waals surface area contributed by atoms with Crippen LogP contribution in [0.15, 0.2) is 54.6 Å². The topological polar surface area (TPSA) is 47.6 Å². The quantitative estimate of drug-likeness (QED) is 0.937. The van der Waals surface area contributed by atoms with Crippen LogP contribution in [0.1, 0.15) is 17.2 Å². The van der Waals surface area contributed by atoms with Gasteiger partial charge in [-0.1, -0.05) is 42.5 Å². The van der Waals surface area contributed by atoms with Gasteiger partial charge in [-0.2, -0.15) is 0 Å². The molecular formula is C17H17NO3. The first-order chi connectivity index (χ1) is 10.3. The number of hydrogen-bond donors (Lipinski definition) is 1. The minimum Gasteiger partial charge on any atom is -0.489 e. The van der Waals surface area contributed by atoms with E-state index in [1.54, 1.807) is 0 Å². The fraction of sp³-hybridized carbons (Fsp3) is 0.235. The van der Waals surface area contributed by atoms with Crippen molar-refractivity contribution < 1.29 is 14.3 Å². The normalized spacial score (nSPS) is 18.1. The largest absolute Gasteiger partial charge is 0.489 e. The first kappa shape index (κ1) is 13.6. The summed E-state index contributed by atoms with van der Waals surface area (Å²) in [4.78, 5) is 11.1. The molecule has 1 heterocycles. The Morgan fingerprint density at radius 2 is 2.00 bits per heavy atom. The Bertz CT molecular complexity index is 602. The smallest absolute Gasteiger partial charge is 0.246 e. The molecule has 4 nitrogen and oxygen atoms in total. The minimum absolute atomic E-state index is 0.0669. The van der Waals surface area contributed by atoms with Crippen molar-refractivity contribution in [2.45, 2.75) is 12.7 Å². The van der Waals surface area contributed by atoms with Gasteiger partial charge in [0.15, 0.2) is 0 Å². The highest BCUT2D eigenvalue weighted by atomic mass is 16.5. The second-order valence-electron chi connectivity index (χ2n) is 4.95. The molecule has 2 aromatic rings. The zero-order valence-corrected chi connectivity index (χ0v) is 11.6. The Hall–Kier alpha value is -2.33. The van der Waals surface area contributed by atoms with Crippen LogP contribution >= 0.6 is 0 Å². The van der Waals surface area contributed by atoms with E-state index in [-0.39, 0.29) is 18.6 Å². The van der Waals surface area contributed by atoms with Gasteiger partial charge in [0.2, 0.25) is 5.91 Å². The van der Waals surface area contributed by atoms with E-state index in [2.05, 4.69) is 5.32 Å². The van der Waals surface area contributed by atoms with Crippen LogP contribution in [-0.4, -0.2) is 19.1 Å². The van der Waals surface area contributed by atoms with Gasteiger partial charge in [-0.15, -0.1) is 0 Å². The average molecular weight is 283 g/mol. The van der Waals surface area contributed by atoms with Crippen LogP contribution < -0.4 is 10.1 Å². The Kier molecular flexibility index (Phi) is 4.17. The molecule has 21 heavy (non-hydrogen) atoms. The third-order valence-electron chi connectivity index (χ3n) is 3.38. The second kappa shape index (κ2) is 6.41.